The van der Waals surface area contributed by atoms with Crippen LogP contribution >= 0.6 is 11.3 Å². The Morgan fingerprint density at radius 1 is 1.32 bits per heavy atom. The standard InChI is InChI=1S/C17H25NO3S/c1-17(2,3)21-12-15(19)10-18(9-14-6-8-22-13-14)11-16-5-4-7-20-16/h4-8,13,15,19H,9-12H2,1-3H3/t15-/m1/s1. The molecular weight excluding hydrogens is 298 g/mol. The predicted octanol–water partition coefficient (Wildman–Crippen LogP) is 3.52. The molecule has 22 heavy (non-hydrogen) atoms. The number of nitrogens with zero attached hydrogens (tertiary/aromatic N) is 1. The van der Waals surface area contributed by atoms with E-state index in [1.54, 1.807) is 17.6 Å². The molecule has 122 valence electrons. The van der Waals surface area contributed by atoms with Crippen molar-refractivity contribution in [3.05, 3.63) is 46.5 Å². The maximum absolute atomic E-state index is 10.2. The number of hydrogen-bond acceptors (Lipinski definition) is 5. The molecule has 0 aliphatic carbocycles. The molecule has 0 spiro atoms. The zero-order valence-corrected chi connectivity index (χ0v) is 14.3. The van der Waals surface area contributed by atoms with Crippen LogP contribution in [0.25, 0.3) is 0 Å². The van der Waals surface area contributed by atoms with Crippen LogP contribution in [0.4, 0.5) is 0 Å². The van der Waals surface area contributed by atoms with Gasteiger partial charge in [0.2, 0.25) is 0 Å². The molecule has 0 aliphatic heterocycles. The van der Waals surface area contributed by atoms with Crippen molar-refractivity contribution in [2.75, 3.05) is 13.2 Å². The third kappa shape index (κ3) is 6.32. The summed E-state index contributed by atoms with van der Waals surface area (Å²) in [5, 5.41) is 14.4. The first-order valence-corrected chi connectivity index (χ1v) is 8.44. The van der Waals surface area contributed by atoms with Crippen LogP contribution in [0.5, 0.6) is 0 Å². The lowest BCUT2D eigenvalue weighted by Gasteiger charge is -2.26. The van der Waals surface area contributed by atoms with Crippen LogP contribution in [-0.4, -0.2) is 34.9 Å². The monoisotopic (exact) mass is 323 g/mol. The lowest BCUT2D eigenvalue weighted by Crippen LogP contribution is -2.36. The largest absolute Gasteiger partial charge is 0.468 e. The van der Waals surface area contributed by atoms with Crippen molar-refractivity contribution in [2.24, 2.45) is 0 Å². The van der Waals surface area contributed by atoms with Crippen molar-refractivity contribution in [3.8, 4) is 0 Å². The molecule has 0 aliphatic rings. The average Bonchev–Trinajstić information content (AvgIpc) is 3.09. The van der Waals surface area contributed by atoms with E-state index in [-0.39, 0.29) is 5.60 Å². The second kappa shape index (κ2) is 7.92. The van der Waals surface area contributed by atoms with Crippen molar-refractivity contribution in [1.82, 2.24) is 4.90 Å². The number of aliphatic hydroxyl groups excluding tert-OH is 1. The van der Waals surface area contributed by atoms with Crippen LogP contribution in [0, 0.1) is 0 Å². The van der Waals surface area contributed by atoms with Crippen molar-refractivity contribution in [3.63, 3.8) is 0 Å². The highest BCUT2D eigenvalue weighted by molar-refractivity contribution is 7.07. The molecule has 2 aromatic rings. The van der Waals surface area contributed by atoms with Crippen LogP contribution in [-0.2, 0) is 17.8 Å². The minimum atomic E-state index is -0.521. The summed E-state index contributed by atoms with van der Waals surface area (Å²) in [6.07, 6.45) is 1.16. The summed E-state index contributed by atoms with van der Waals surface area (Å²) in [6.45, 7) is 8.32. The Bertz CT molecular complexity index is 480. The fourth-order valence-electron chi connectivity index (χ4n) is 2.15. The molecule has 4 nitrogen and oxygen atoms in total. The molecule has 1 atom stereocenters. The third-order valence-corrected chi connectivity index (χ3v) is 3.86. The molecule has 0 fully saturated rings. The number of rotatable bonds is 8. The Morgan fingerprint density at radius 2 is 2.14 bits per heavy atom. The maximum atomic E-state index is 10.2. The molecule has 0 saturated heterocycles. The fourth-order valence-corrected chi connectivity index (χ4v) is 2.81. The van der Waals surface area contributed by atoms with Gasteiger partial charge in [0.05, 0.1) is 31.1 Å². The van der Waals surface area contributed by atoms with Gasteiger partial charge in [-0.05, 0) is 55.3 Å². The molecule has 1 N–H and O–H groups in total. The Hall–Kier alpha value is -1.14. The van der Waals surface area contributed by atoms with E-state index in [0.717, 1.165) is 12.3 Å². The van der Waals surface area contributed by atoms with Gasteiger partial charge in [-0.1, -0.05) is 0 Å². The zero-order chi connectivity index (χ0) is 16.0. The van der Waals surface area contributed by atoms with E-state index in [1.807, 2.05) is 32.9 Å². The van der Waals surface area contributed by atoms with E-state index in [4.69, 9.17) is 9.15 Å². The Balaban J connectivity index is 1.91. The molecular formula is C17H25NO3S. The predicted molar refractivity (Wildman–Crippen MR) is 88.9 cm³/mol. The van der Waals surface area contributed by atoms with Gasteiger partial charge in [-0.3, -0.25) is 4.90 Å². The first-order chi connectivity index (χ1) is 10.4. The van der Waals surface area contributed by atoms with Crippen LogP contribution in [0.3, 0.4) is 0 Å². The summed E-state index contributed by atoms with van der Waals surface area (Å²) in [5.74, 6) is 0.902. The van der Waals surface area contributed by atoms with Gasteiger partial charge in [-0.15, -0.1) is 0 Å². The normalized spacial score (nSPS) is 13.7. The van der Waals surface area contributed by atoms with Gasteiger partial charge in [0.15, 0.2) is 0 Å². The van der Waals surface area contributed by atoms with Crippen molar-refractivity contribution in [2.45, 2.75) is 45.6 Å². The highest BCUT2D eigenvalue weighted by Crippen LogP contribution is 2.14. The molecule has 0 aromatic carbocycles. The average molecular weight is 323 g/mol. The summed E-state index contributed by atoms with van der Waals surface area (Å²) in [7, 11) is 0. The fraction of sp³-hybridized carbons (Fsp3) is 0.529. The smallest absolute Gasteiger partial charge is 0.117 e. The molecule has 0 amide bonds. The van der Waals surface area contributed by atoms with Crippen LogP contribution in [0.15, 0.2) is 39.6 Å². The Labute approximate surface area is 136 Å². The first kappa shape index (κ1) is 17.2. The lowest BCUT2D eigenvalue weighted by atomic mass is 10.2. The Morgan fingerprint density at radius 3 is 2.73 bits per heavy atom. The quantitative estimate of drug-likeness (QED) is 0.807. The second-order valence-corrected chi connectivity index (χ2v) is 7.24. The molecule has 5 heteroatoms. The highest BCUT2D eigenvalue weighted by atomic mass is 32.1. The van der Waals surface area contributed by atoms with E-state index in [9.17, 15) is 5.11 Å². The van der Waals surface area contributed by atoms with Gasteiger partial charge in [0, 0.05) is 13.1 Å². The summed E-state index contributed by atoms with van der Waals surface area (Å²) < 4.78 is 11.1. The van der Waals surface area contributed by atoms with Gasteiger partial charge in [-0.2, -0.15) is 11.3 Å². The maximum Gasteiger partial charge on any atom is 0.117 e. The van der Waals surface area contributed by atoms with Crippen molar-refractivity contribution < 1.29 is 14.3 Å². The van der Waals surface area contributed by atoms with Crippen LogP contribution in [0.2, 0.25) is 0 Å². The minimum Gasteiger partial charge on any atom is -0.468 e. The van der Waals surface area contributed by atoms with E-state index in [1.165, 1.54) is 5.56 Å². The third-order valence-electron chi connectivity index (χ3n) is 3.12. The number of hydrogen-bond donors (Lipinski definition) is 1. The molecule has 2 rings (SSSR count). The summed E-state index contributed by atoms with van der Waals surface area (Å²) in [5.41, 5.74) is 1.01. The molecule has 0 unspecified atom stereocenters. The molecule has 0 radical (unpaired) electrons. The Kier molecular flexibility index (Phi) is 6.20. The van der Waals surface area contributed by atoms with E-state index in [0.29, 0.717) is 19.7 Å². The van der Waals surface area contributed by atoms with Gasteiger partial charge in [0.25, 0.3) is 0 Å². The minimum absolute atomic E-state index is 0.236. The molecule has 0 bridgehead atoms. The van der Waals surface area contributed by atoms with Crippen LogP contribution < -0.4 is 0 Å². The summed E-state index contributed by atoms with van der Waals surface area (Å²) >= 11 is 1.68. The molecule has 2 heterocycles. The topological polar surface area (TPSA) is 45.8 Å². The number of aliphatic hydroxyl groups is 1. The number of thiophene rings is 1. The van der Waals surface area contributed by atoms with Crippen LogP contribution in [0.1, 0.15) is 32.1 Å². The first-order valence-electron chi connectivity index (χ1n) is 7.50. The summed E-state index contributed by atoms with van der Waals surface area (Å²) in [4.78, 5) is 2.18. The van der Waals surface area contributed by atoms with E-state index >= 15 is 0 Å². The van der Waals surface area contributed by atoms with Gasteiger partial charge in [0.1, 0.15) is 5.76 Å². The number of ether oxygens (including phenoxy) is 1. The molecule has 2 aromatic heterocycles. The van der Waals surface area contributed by atoms with Gasteiger partial charge >= 0.3 is 0 Å². The van der Waals surface area contributed by atoms with Gasteiger partial charge < -0.3 is 14.3 Å². The highest BCUT2D eigenvalue weighted by Gasteiger charge is 2.17. The number of furan rings is 1. The van der Waals surface area contributed by atoms with Crippen molar-refractivity contribution >= 4 is 11.3 Å². The zero-order valence-electron chi connectivity index (χ0n) is 13.5. The van der Waals surface area contributed by atoms with E-state index in [2.05, 4.69) is 21.7 Å². The lowest BCUT2D eigenvalue weighted by molar-refractivity contribution is -0.0576. The van der Waals surface area contributed by atoms with Gasteiger partial charge in [-0.25, -0.2) is 0 Å². The second-order valence-electron chi connectivity index (χ2n) is 6.46. The SMILES string of the molecule is CC(C)(C)OC[C@H](O)CN(Cc1ccsc1)Cc1ccco1. The van der Waals surface area contributed by atoms with Crippen molar-refractivity contribution in [1.29, 1.82) is 0 Å². The summed E-state index contributed by atoms with van der Waals surface area (Å²) in [6, 6.07) is 5.95. The molecule has 0 saturated carbocycles. The van der Waals surface area contributed by atoms with E-state index < -0.39 is 6.10 Å².